The van der Waals surface area contributed by atoms with Gasteiger partial charge in [-0.25, -0.2) is 4.89 Å². The van der Waals surface area contributed by atoms with Crippen molar-refractivity contribution in [1.82, 2.24) is 0 Å². The lowest BCUT2D eigenvalue weighted by atomic mass is 10.8. The minimum absolute atomic E-state index is 0.800. The van der Waals surface area contributed by atoms with Crippen molar-refractivity contribution in [2.45, 2.75) is 12.4 Å². The molecule has 124 valence electrons. The van der Waals surface area contributed by atoms with Gasteiger partial charge >= 0.3 is 22.5 Å². The van der Waals surface area contributed by atoms with Gasteiger partial charge in [0, 0.05) is 0 Å². The molecule has 1 N–H and O–H groups in total. The van der Waals surface area contributed by atoms with Gasteiger partial charge in [-0.15, -0.1) is 4.33 Å². The van der Waals surface area contributed by atoms with E-state index in [1.54, 1.807) is 0 Å². The Morgan fingerprint density at radius 3 is 1.40 bits per heavy atom. The van der Waals surface area contributed by atoms with E-state index in [0.717, 1.165) is 7.11 Å². The van der Waals surface area contributed by atoms with Crippen molar-refractivity contribution in [1.29, 1.82) is 0 Å². The fourth-order valence-corrected chi connectivity index (χ4v) is 1.60. The normalized spacial score (nSPS) is 13.6. The number of hydrogen-bond acceptors (Lipinski definition) is 6. The van der Waals surface area contributed by atoms with Crippen LogP contribution in [0.25, 0.3) is 0 Å². The molecule has 15 heteroatoms. The Balaban J connectivity index is 0. The van der Waals surface area contributed by atoms with Crippen LogP contribution >= 0.6 is 0 Å². The molecule has 0 saturated carbocycles. The van der Waals surface area contributed by atoms with Crippen molar-refractivity contribution in [2.75, 3.05) is 18.6 Å². The number of halogens is 6. The van der Waals surface area contributed by atoms with Crippen LogP contribution < -0.4 is 0 Å². The highest BCUT2D eigenvalue weighted by molar-refractivity contribution is 7.86. The van der Waals surface area contributed by atoms with Crippen LogP contribution in [0.4, 0.5) is 26.3 Å². The molecule has 0 heterocycles. The lowest BCUT2D eigenvalue weighted by Crippen LogP contribution is -2.24. The summed E-state index contributed by atoms with van der Waals surface area (Å²) in [6.07, 6.45) is -9.66. The van der Waals surface area contributed by atoms with Crippen LogP contribution in [0.2, 0.25) is 0 Å². The third kappa shape index (κ3) is 19.7. The Morgan fingerprint density at radius 1 is 0.900 bits per heavy atom. The summed E-state index contributed by atoms with van der Waals surface area (Å²) in [5.74, 6) is -4.23. The van der Waals surface area contributed by atoms with Gasteiger partial charge in [-0.1, -0.05) is 0 Å². The molecule has 0 fully saturated rings. The predicted molar refractivity (Wildman–Crippen MR) is 50.4 cm³/mol. The molecule has 0 rings (SSSR count). The van der Waals surface area contributed by atoms with E-state index in [0.29, 0.717) is 0 Å². The number of hydrogen-bond donors (Lipinski definition) is 1. The smallest absolute Gasteiger partial charge is 0.285 e. The monoisotopic (exact) mass is 358 g/mol. The van der Waals surface area contributed by atoms with Crippen molar-refractivity contribution < 1.29 is 57.0 Å². The Labute approximate surface area is 109 Å². The molecule has 0 aliphatic rings. The van der Waals surface area contributed by atoms with Crippen molar-refractivity contribution in [2.24, 2.45) is 0 Å². The Hall–Kier alpha value is -0.640. The standard InChI is InChI=1S/C3H5F3O4S.C2H3F3O3S/c1-9-10-11(7,8)2-3(4,5)6;3-2(4,5)1-9(6,7)8/h2H2,1H3;1H2,(H,6,7,8). The van der Waals surface area contributed by atoms with E-state index in [2.05, 4.69) is 9.22 Å². The van der Waals surface area contributed by atoms with Gasteiger partial charge in [-0.2, -0.15) is 43.2 Å². The first kappa shape index (κ1) is 21.7. The van der Waals surface area contributed by atoms with Gasteiger partial charge in [0.2, 0.25) is 0 Å². The highest BCUT2D eigenvalue weighted by Gasteiger charge is 2.36. The van der Waals surface area contributed by atoms with Crippen LogP contribution in [0.3, 0.4) is 0 Å². The summed E-state index contributed by atoms with van der Waals surface area (Å²) in [4.78, 5) is 3.56. The van der Waals surface area contributed by atoms with Crippen LogP contribution in [-0.4, -0.2) is 52.4 Å². The van der Waals surface area contributed by atoms with Crippen molar-refractivity contribution in [3.63, 3.8) is 0 Å². The molecule has 0 aromatic rings. The lowest BCUT2D eigenvalue weighted by molar-refractivity contribution is -0.177. The summed E-state index contributed by atoms with van der Waals surface area (Å²) in [7, 11) is -8.74. The van der Waals surface area contributed by atoms with Gasteiger partial charge in [0.15, 0.2) is 11.5 Å². The molecule has 0 aromatic heterocycles. The third-order valence-corrected chi connectivity index (χ3v) is 2.57. The molecule has 0 atom stereocenters. The first-order chi connectivity index (χ1) is 8.47. The van der Waals surface area contributed by atoms with Gasteiger partial charge in [0.1, 0.15) is 0 Å². The van der Waals surface area contributed by atoms with Crippen LogP contribution in [0.15, 0.2) is 0 Å². The van der Waals surface area contributed by atoms with Gasteiger partial charge in [-0.3, -0.25) is 4.55 Å². The zero-order valence-electron chi connectivity index (χ0n) is 9.40. The largest absolute Gasteiger partial charge is 0.405 e. The molecule has 0 aliphatic heterocycles. The second-order valence-electron chi connectivity index (χ2n) is 2.89. The summed E-state index contributed by atoms with van der Waals surface area (Å²) in [6, 6.07) is 0. The molecule has 0 aliphatic carbocycles. The van der Waals surface area contributed by atoms with Crippen molar-refractivity contribution >= 4 is 20.2 Å². The molecular weight excluding hydrogens is 350 g/mol. The summed E-state index contributed by atoms with van der Waals surface area (Å²) in [5, 5.41) is 0. The first-order valence-corrected chi connectivity index (χ1v) is 7.20. The Kier molecular flexibility index (Phi) is 8.00. The van der Waals surface area contributed by atoms with Crippen LogP contribution in [0.5, 0.6) is 0 Å². The molecule has 0 amide bonds. The van der Waals surface area contributed by atoms with E-state index in [4.69, 9.17) is 4.55 Å². The quantitative estimate of drug-likeness (QED) is 0.344. The second kappa shape index (κ2) is 7.39. The van der Waals surface area contributed by atoms with E-state index >= 15 is 0 Å². The number of rotatable bonds is 4. The third-order valence-electron chi connectivity index (χ3n) is 0.858. The molecule has 0 aromatic carbocycles. The average Bonchev–Trinajstić information content (AvgIpc) is 1.89. The first-order valence-electron chi connectivity index (χ1n) is 4.01. The van der Waals surface area contributed by atoms with E-state index in [9.17, 15) is 43.2 Å². The minimum Gasteiger partial charge on any atom is -0.285 e. The lowest BCUT2D eigenvalue weighted by Gasteiger charge is -2.04. The Bertz CT molecular complexity index is 475. The van der Waals surface area contributed by atoms with Crippen molar-refractivity contribution in [3.8, 4) is 0 Å². The van der Waals surface area contributed by atoms with Gasteiger partial charge < -0.3 is 0 Å². The van der Waals surface area contributed by atoms with E-state index < -0.39 is 44.1 Å². The molecular formula is C5H8F6O7S2. The highest BCUT2D eigenvalue weighted by Crippen LogP contribution is 2.18. The summed E-state index contributed by atoms with van der Waals surface area (Å²) < 4.78 is 117. The molecule has 20 heavy (non-hydrogen) atoms. The van der Waals surface area contributed by atoms with Gasteiger partial charge in [-0.05, 0) is 0 Å². The molecule has 0 saturated heterocycles. The predicted octanol–water partition coefficient (Wildman–Crippen LogP) is 0.893. The van der Waals surface area contributed by atoms with Gasteiger partial charge in [0.25, 0.3) is 10.1 Å². The maximum absolute atomic E-state index is 11.4. The summed E-state index contributed by atoms with van der Waals surface area (Å²) in [6.45, 7) is 0. The van der Waals surface area contributed by atoms with E-state index in [1.807, 2.05) is 0 Å². The summed E-state index contributed by atoms with van der Waals surface area (Å²) >= 11 is 0. The molecule has 0 spiro atoms. The van der Waals surface area contributed by atoms with Crippen LogP contribution in [0.1, 0.15) is 0 Å². The zero-order chi connectivity index (χ0) is 16.8. The Morgan fingerprint density at radius 2 is 1.25 bits per heavy atom. The van der Waals surface area contributed by atoms with Crippen molar-refractivity contribution in [3.05, 3.63) is 0 Å². The number of alkyl halides is 6. The second-order valence-corrected chi connectivity index (χ2v) is 5.89. The van der Waals surface area contributed by atoms with Crippen LogP contribution in [0, 0.1) is 0 Å². The van der Waals surface area contributed by atoms with E-state index in [-0.39, 0.29) is 0 Å². The molecule has 0 unspecified atom stereocenters. The maximum atomic E-state index is 11.4. The van der Waals surface area contributed by atoms with E-state index in [1.165, 1.54) is 0 Å². The fraction of sp³-hybridized carbons (Fsp3) is 1.00. The molecule has 0 radical (unpaired) electrons. The summed E-state index contributed by atoms with van der Waals surface area (Å²) in [5.41, 5.74) is 0. The average molecular weight is 358 g/mol. The molecule has 7 nitrogen and oxygen atoms in total. The van der Waals surface area contributed by atoms with Crippen LogP contribution in [-0.2, 0) is 29.5 Å². The topological polar surface area (TPSA) is 107 Å². The molecule has 0 bridgehead atoms. The minimum atomic E-state index is -4.91. The highest BCUT2D eigenvalue weighted by atomic mass is 32.2. The van der Waals surface area contributed by atoms with Gasteiger partial charge in [0.05, 0.1) is 7.11 Å². The maximum Gasteiger partial charge on any atom is 0.405 e. The SMILES string of the molecule is COOS(=O)(=O)CC(F)(F)F.O=S(=O)(O)CC(F)(F)F. The zero-order valence-corrected chi connectivity index (χ0v) is 11.0. The fourth-order valence-electron chi connectivity index (χ4n) is 0.535.